The maximum Gasteiger partial charge on any atom is 0.313 e. The quantitative estimate of drug-likeness (QED) is 0.447. The number of carbonyl (C=O) groups is 2. The Kier molecular flexibility index (Phi) is 4.69. The molecule has 1 rings (SSSR count). The van der Waals surface area contributed by atoms with E-state index >= 15 is 0 Å². The summed E-state index contributed by atoms with van der Waals surface area (Å²) in [7, 11) is 1.26. The van der Waals surface area contributed by atoms with E-state index in [1.807, 2.05) is 13.8 Å². The number of benzene rings is 1. The van der Waals surface area contributed by atoms with Gasteiger partial charge in [-0.2, -0.15) is 0 Å². The zero-order chi connectivity index (χ0) is 12.8. The Bertz CT molecular complexity index is 410. The summed E-state index contributed by atoms with van der Waals surface area (Å²) in [6, 6.07) is 6.87. The van der Waals surface area contributed by atoms with Crippen LogP contribution in [-0.2, 0) is 9.53 Å². The molecule has 0 bridgehead atoms. The van der Waals surface area contributed by atoms with E-state index in [1.54, 1.807) is 24.3 Å². The number of ether oxygens (including phenoxy) is 2. The molecule has 0 aliphatic heterocycles. The molecule has 0 saturated carbocycles. The Balaban J connectivity index is 2.88. The average molecular weight is 236 g/mol. The smallest absolute Gasteiger partial charge is 0.313 e. The van der Waals surface area contributed by atoms with Crippen LogP contribution in [0.25, 0.3) is 0 Å². The first kappa shape index (κ1) is 13.2. The van der Waals surface area contributed by atoms with Gasteiger partial charge in [0.05, 0.1) is 18.8 Å². The molecule has 0 atom stereocenters. The van der Waals surface area contributed by atoms with Gasteiger partial charge in [-0.05, 0) is 26.0 Å². The van der Waals surface area contributed by atoms with Crippen molar-refractivity contribution in [1.29, 1.82) is 0 Å². The fourth-order valence-electron chi connectivity index (χ4n) is 1.35. The summed E-state index contributed by atoms with van der Waals surface area (Å²) in [6.07, 6.45) is -0.295. The molecule has 0 amide bonds. The van der Waals surface area contributed by atoms with Crippen LogP contribution in [0.4, 0.5) is 0 Å². The van der Waals surface area contributed by atoms with Gasteiger partial charge in [-0.25, -0.2) is 0 Å². The van der Waals surface area contributed by atoms with Gasteiger partial charge in [0, 0.05) is 0 Å². The third kappa shape index (κ3) is 3.90. The summed E-state index contributed by atoms with van der Waals surface area (Å²) in [5.41, 5.74) is 0.409. The van der Waals surface area contributed by atoms with Crippen molar-refractivity contribution in [2.45, 2.75) is 26.4 Å². The van der Waals surface area contributed by atoms with Gasteiger partial charge < -0.3 is 9.47 Å². The molecule has 0 unspecified atom stereocenters. The van der Waals surface area contributed by atoms with Crippen LogP contribution in [0.3, 0.4) is 0 Å². The highest BCUT2D eigenvalue weighted by Crippen LogP contribution is 2.21. The van der Waals surface area contributed by atoms with Crippen molar-refractivity contribution in [1.82, 2.24) is 0 Å². The van der Waals surface area contributed by atoms with Gasteiger partial charge in [0.2, 0.25) is 0 Å². The van der Waals surface area contributed by atoms with Crippen LogP contribution in [0.2, 0.25) is 0 Å². The Labute approximate surface area is 101 Å². The molecular formula is C13H16O4. The van der Waals surface area contributed by atoms with Crippen LogP contribution in [0.1, 0.15) is 30.6 Å². The van der Waals surface area contributed by atoms with Crippen molar-refractivity contribution in [2.24, 2.45) is 0 Å². The first-order valence-corrected chi connectivity index (χ1v) is 5.40. The number of hydrogen-bond donors (Lipinski definition) is 0. The molecule has 0 aliphatic rings. The standard InChI is InChI=1S/C13H16O4/c1-9(2)17-12-7-5-4-6-10(12)11(14)8-13(15)16-3/h4-7,9H,8H2,1-3H3. The molecule has 4 nitrogen and oxygen atoms in total. The van der Waals surface area contributed by atoms with E-state index in [-0.39, 0.29) is 18.3 Å². The number of esters is 1. The Morgan fingerprint density at radius 1 is 1.24 bits per heavy atom. The van der Waals surface area contributed by atoms with E-state index in [4.69, 9.17) is 4.74 Å². The highest BCUT2D eigenvalue weighted by atomic mass is 16.5. The molecule has 0 aliphatic carbocycles. The molecule has 0 N–H and O–H groups in total. The van der Waals surface area contributed by atoms with Gasteiger partial charge in [-0.15, -0.1) is 0 Å². The van der Waals surface area contributed by atoms with Gasteiger partial charge in [0.15, 0.2) is 5.78 Å². The fourth-order valence-corrected chi connectivity index (χ4v) is 1.35. The molecule has 0 heterocycles. The number of methoxy groups -OCH3 is 1. The van der Waals surface area contributed by atoms with Crippen LogP contribution in [0, 0.1) is 0 Å². The molecule has 1 aromatic carbocycles. The highest BCUT2D eigenvalue weighted by molar-refractivity contribution is 6.07. The molecular weight excluding hydrogens is 220 g/mol. The average Bonchev–Trinajstić information content (AvgIpc) is 2.28. The number of ketones is 1. The molecule has 92 valence electrons. The van der Waals surface area contributed by atoms with Gasteiger partial charge >= 0.3 is 5.97 Å². The number of Topliss-reactive ketones (excluding diaryl/α,β-unsaturated/α-hetero) is 1. The molecule has 0 radical (unpaired) electrons. The monoisotopic (exact) mass is 236 g/mol. The Hall–Kier alpha value is -1.84. The minimum Gasteiger partial charge on any atom is -0.490 e. The van der Waals surface area contributed by atoms with E-state index in [9.17, 15) is 9.59 Å². The largest absolute Gasteiger partial charge is 0.490 e. The molecule has 0 aromatic heterocycles. The Morgan fingerprint density at radius 2 is 1.88 bits per heavy atom. The van der Waals surface area contributed by atoms with Gasteiger partial charge in [0.1, 0.15) is 12.2 Å². The zero-order valence-corrected chi connectivity index (χ0v) is 10.2. The second-order valence-corrected chi connectivity index (χ2v) is 3.84. The van der Waals surface area contributed by atoms with E-state index in [2.05, 4.69) is 4.74 Å². The molecule has 0 spiro atoms. The maximum atomic E-state index is 11.8. The first-order chi connectivity index (χ1) is 8.04. The van der Waals surface area contributed by atoms with Crippen molar-refractivity contribution < 1.29 is 19.1 Å². The molecule has 4 heteroatoms. The predicted octanol–water partition coefficient (Wildman–Crippen LogP) is 2.22. The second-order valence-electron chi connectivity index (χ2n) is 3.84. The lowest BCUT2D eigenvalue weighted by Crippen LogP contribution is -2.13. The number of hydrogen-bond acceptors (Lipinski definition) is 4. The topological polar surface area (TPSA) is 52.6 Å². The van der Waals surface area contributed by atoms with Crippen LogP contribution in [0.5, 0.6) is 5.75 Å². The Morgan fingerprint density at radius 3 is 2.47 bits per heavy atom. The number of para-hydroxylation sites is 1. The normalized spacial score (nSPS) is 10.1. The highest BCUT2D eigenvalue weighted by Gasteiger charge is 2.16. The zero-order valence-electron chi connectivity index (χ0n) is 10.2. The van der Waals surface area contributed by atoms with Crippen molar-refractivity contribution in [3.8, 4) is 5.75 Å². The van der Waals surface area contributed by atoms with E-state index in [1.165, 1.54) is 7.11 Å². The molecule has 1 aromatic rings. The van der Waals surface area contributed by atoms with Gasteiger partial charge in [0.25, 0.3) is 0 Å². The summed E-state index contributed by atoms with van der Waals surface area (Å²) in [6.45, 7) is 3.75. The summed E-state index contributed by atoms with van der Waals surface area (Å²) in [5.74, 6) is -0.348. The van der Waals surface area contributed by atoms with Crippen LogP contribution in [-0.4, -0.2) is 25.0 Å². The third-order valence-electron chi connectivity index (χ3n) is 2.08. The van der Waals surface area contributed by atoms with E-state index < -0.39 is 5.97 Å². The van der Waals surface area contributed by atoms with Crippen LogP contribution >= 0.6 is 0 Å². The van der Waals surface area contributed by atoms with Gasteiger partial charge in [-0.1, -0.05) is 12.1 Å². The number of rotatable bonds is 5. The van der Waals surface area contributed by atoms with E-state index in [0.29, 0.717) is 11.3 Å². The van der Waals surface area contributed by atoms with Crippen LogP contribution < -0.4 is 4.74 Å². The van der Waals surface area contributed by atoms with E-state index in [0.717, 1.165) is 0 Å². The van der Waals surface area contributed by atoms with Gasteiger partial charge in [-0.3, -0.25) is 9.59 Å². The van der Waals surface area contributed by atoms with Crippen molar-refractivity contribution in [2.75, 3.05) is 7.11 Å². The van der Waals surface area contributed by atoms with Crippen LogP contribution in [0.15, 0.2) is 24.3 Å². The second kappa shape index (κ2) is 6.03. The third-order valence-corrected chi connectivity index (χ3v) is 2.08. The summed E-state index contributed by atoms with van der Waals surface area (Å²) < 4.78 is 9.97. The van der Waals surface area contributed by atoms with Crippen molar-refractivity contribution >= 4 is 11.8 Å². The minimum atomic E-state index is -0.547. The summed E-state index contributed by atoms with van der Waals surface area (Å²) in [5, 5.41) is 0. The van der Waals surface area contributed by atoms with Crippen molar-refractivity contribution in [3.05, 3.63) is 29.8 Å². The lowest BCUT2D eigenvalue weighted by Gasteiger charge is -2.13. The fraction of sp³-hybridized carbons (Fsp3) is 0.385. The van der Waals surface area contributed by atoms with Crippen molar-refractivity contribution in [3.63, 3.8) is 0 Å². The summed E-state index contributed by atoms with van der Waals surface area (Å²) >= 11 is 0. The number of carbonyl (C=O) groups excluding carboxylic acids is 2. The predicted molar refractivity (Wildman–Crippen MR) is 63.2 cm³/mol. The molecule has 0 fully saturated rings. The molecule has 17 heavy (non-hydrogen) atoms. The first-order valence-electron chi connectivity index (χ1n) is 5.40. The minimum absolute atomic E-state index is 0.0259. The lowest BCUT2D eigenvalue weighted by atomic mass is 10.1. The summed E-state index contributed by atoms with van der Waals surface area (Å²) in [4.78, 5) is 22.9. The lowest BCUT2D eigenvalue weighted by molar-refractivity contribution is -0.139. The SMILES string of the molecule is COC(=O)CC(=O)c1ccccc1OC(C)C. The maximum absolute atomic E-state index is 11.8. The molecule has 0 saturated heterocycles.